The largest absolute Gasteiger partial charge is 0.388 e. The Balaban J connectivity index is 1.81. The average Bonchev–Trinajstić information content (AvgIpc) is 2.97. The Kier molecular flexibility index (Phi) is 3.65. The van der Waals surface area contributed by atoms with Crippen molar-refractivity contribution in [1.82, 2.24) is 29.7 Å². The van der Waals surface area contributed by atoms with E-state index < -0.39 is 5.60 Å². The lowest BCUT2D eigenvalue weighted by molar-refractivity contribution is -0.0203. The van der Waals surface area contributed by atoms with Crippen LogP contribution in [0.4, 0.5) is 11.9 Å². The first-order valence-electron chi connectivity index (χ1n) is 7.00. The smallest absolute Gasteiger partial charge is 0.258 e. The van der Waals surface area contributed by atoms with Crippen LogP contribution in [0.1, 0.15) is 26.2 Å². The van der Waals surface area contributed by atoms with Gasteiger partial charge in [-0.1, -0.05) is 0 Å². The van der Waals surface area contributed by atoms with Gasteiger partial charge in [0, 0.05) is 13.1 Å². The number of rotatable bonds is 6. The van der Waals surface area contributed by atoms with Crippen molar-refractivity contribution in [3.63, 3.8) is 0 Å². The highest BCUT2D eigenvalue weighted by molar-refractivity contribution is 5.38. The van der Waals surface area contributed by atoms with E-state index in [2.05, 4.69) is 35.7 Å². The number of aliphatic hydroxyl groups is 1. The summed E-state index contributed by atoms with van der Waals surface area (Å²) in [5.41, 5.74) is -0.640. The van der Waals surface area contributed by atoms with Crippen LogP contribution < -0.4 is 10.6 Å². The molecule has 1 saturated carbocycles. The molecule has 1 fully saturated rings. The Morgan fingerprint density at radius 3 is 2.57 bits per heavy atom. The quantitative estimate of drug-likeness (QED) is 0.692. The monoisotopic (exact) mass is 290 g/mol. The van der Waals surface area contributed by atoms with Crippen LogP contribution in [0.25, 0.3) is 5.95 Å². The zero-order valence-electron chi connectivity index (χ0n) is 11.8. The van der Waals surface area contributed by atoms with E-state index in [0.717, 1.165) is 19.3 Å². The second-order valence-electron chi connectivity index (χ2n) is 5.08. The molecule has 0 spiro atoms. The van der Waals surface area contributed by atoms with Gasteiger partial charge in [-0.3, -0.25) is 0 Å². The first-order chi connectivity index (χ1) is 10.2. The van der Waals surface area contributed by atoms with Crippen LogP contribution in [-0.4, -0.2) is 53.5 Å². The fourth-order valence-corrected chi connectivity index (χ4v) is 2.10. The van der Waals surface area contributed by atoms with Crippen LogP contribution in [0.2, 0.25) is 0 Å². The topological polar surface area (TPSA) is 114 Å². The van der Waals surface area contributed by atoms with Crippen LogP contribution in [0.15, 0.2) is 12.7 Å². The zero-order valence-corrected chi connectivity index (χ0v) is 11.8. The Morgan fingerprint density at radius 2 is 2.00 bits per heavy atom. The van der Waals surface area contributed by atoms with Crippen LogP contribution in [-0.2, 0) is 0 Å². The molecule has 0 unspecified atom stereocenters. The predicted molar refractivity (Wildman–Crippen MR) is 76.2 cm³/mol. The highest BCUT2D eigenvalue weighted by Crippen LogP contribution is 2.31. The molecule has 112 valence electrons. The molecule has 0 bridgehead atoms. The summed E-state index contributed by atoms with van der Waals surface area (Å²) in [6.45, 7) is 3.09. The number of hydrogen-bond acceptors (Lipinski definition) is 8. The maximum absolute atomic E-state index is 10.1. The number of aromatic nitrogens is 6. The molecule has 1 aliphatic carbocycles. The molecule has 0 aromatic carbocycles. The van der Waals surface area contributed by atoms with Crippen molar-refractivity contribution in [2.24, 2.45) is 0 Å². The van der Waals surface area contributed by atoms with Crippen molar-refractivity contribution < 1.29 is 5.11 Å². The fourth-order valence-electron chi connectivity index (χ4n) is 2.10. The normalized spacial score (nSPS) is 16.3. The van der Waals surface area contributed by atoms with Gasteiger partial charge in [0.15, 0.2) is 0 Å². The molecule has 2 heterocycles. The number of hydrogen-bond donors (Lipinski definition) is 3. The van der Waals surface area contributed by atoms with Gasteiger partial charge in [0.1, 0.15) is 12.7 Å². The van der Waals surface area contributed by atoms with Crippen LogP contribution >= 0.6 is 0 Å². The summed E-state index contributed by atoms with van der Waals surface area (Å²) in [5, 5.41) is 20.3. The van der Waals surface area contributed by atoms with E-state index in [1.165, 1.54) is 17.3 Å². The van der Waals surface area contributed by atoms with E-state index in [1.54, 1.807) is 0 Å². The Hall–Kier alpha value is -2.29. The molecule has 1 aliphatic rings. The fraction of sp³-hybridized carbons (Fsp3) is 0.583. The molecule has 9 heteroatoms. The third-order valence-electron chi connectivity index (χ3n) is 3.44. The highest BCUT2D eigenvalue weighted by Gasteiger charge is 2.34. The Bertz CT molecular complexity index is 595. The van der Waals surface area contributed by atoms with Gasteiger partial charge in [0.2, 0.25) is 11.9 Å². The minimum Gasteiger partial charge on any atom is -0.388 e. The minimum absolute atomic E-state index is 0.376. The first kappa shape index (κ1) is 13.7. The number of anilines is 2. The molecule has 3 N–H and O–H groups in total. The van der Waals surface area contributed by atoms with Gasteiger partial charge in [-0.15, -0.1) is 0 Å². The molecule has 21 heavy (non-hydrogen) atoms. The van der Waals surface area contributed by atoms with Gasteiger partial charge >= 0.3 is 0 Å². The molecule has 0 atom stereocenters. The maximum Gasteiger partial charge on any atom is 0.258 e. The standard InChI is InChI=1S/C12H18N8O/c1-2-14-9-17-10(15-6-12(21)4-3-5-12)19-11(18-9)20-8-13-7-16-20/h7-8,21H,2-6H2,1H3,(H2,14,15,17,18,19). The molecule has 0 saturated heterocycles. The average molecular weight is 290 g/mol. The molecule has 9 nitrogen and oxygen atoms in total. The van der Waals surface area contributed by atoms with Gasteiger partial charge in [-0.25, -0.2) is 4.98 Å². The number of nitrogens with one attached hydrogen (secondary N) is 2. The van der Waals surface area contributed by atoms with Gasteiger partial charge < -0.3 is 15.7 Å². The van der Waals surface area contributed by atoms with E-state index >= 15 is 0 Å². The SMILES string of the molecule is CCNc1nc(NCC2(O)CCC2)nc(-n2cncn2)n1. The maximum atomic E-state index is 10.1. The van der Waals surface area contributed by atoms with Crippen LogP contribution in [0.3, 0.4) is 0 Å². The van der Waals surface area contributed by atoms with Gasteiger partial charge in [0.25, 0.3) is 5.95 Å². The summed E-state index contributed by atoms with van der Waals surface area (Å²) in [6, 6.07) is 0. The van der Waals surface area contributed by atoms with Crippen molar-refractivity contribution in [2.45, 2.75) is 31.8 Å². The predicted octanol–water partition coefficient (Wildman–Crippen LogP) is 0.211. The third-order valence-corrected chi connectivity index (χ3v) is 3.44. The lowest BCUT2D eigenvalue weighted by atomic mass is 9.80. The molecule has 3 rings (SSSR count). The second-order valence-corrected chi connectivity index (χ2v) is 5.08. The van der Waals surface area contributed by atoms with Crippen molar-refractivity contribution in [3.8, 4) is 5.95 Å². The summed E-state index contributed by atoms with van der Waals surface area (Å²) < 4.78 is 1.46. The summed E-state index contributed by atoms with van der Waals surface area (Å²) in [6.07, 6.45) is 5.61. The molecular weight excluding hydrogens is 272 g/mol. The molecule has 0 amide bonds. The van der Waals surface area contributed by atoms with Crippen molar-refractivity contribution >= 4 is 11.9 Å². The van der Waals surface area contributed by atoms with E-state index in [4.69, 9.17) is 0 Å². The minimum atomic E-state index is -0.640. The van der Waals surface area contributed by atoms with Crippen LogP contribution in [0, 0.1) is 0 Å². The van der Waals surface area contributed by atoms with Crippen LogP contribution in [0.5, 0.6) is 0 Å². The molecule has 2 aromatic rings. The van der Waals surface area contributed by atoms with Crippen molar-refractivity contribution in [3.05, 3.63) is 12.7 Å². The molecule has 0 aliphatic heterocycles. The summed E-state index contributed by atoms with van der Waals surface area (Å²) >= 11 is 0. The lowest BCUT2D eigenvalue weighted by Gasteiger charge is -2.36. The van der Waals surface area contributed by atoms with E-state index in [0.29, 0.717) is 30.9 Å². The summed E-state index contributed by atoms with van der Waals surface area (Å²) in [4.78, 5) is 16.7. The summed E-state index contributed by atoms with van der Waals surface area (Å²) in [7, 11) is 0. The summed E-state index contributed by atoms with van der Waals surface area (Å²) in [5.74, 6) is 1.24. The molecular formula is C12H18N8O. The van der Waals surface area contributed by atoms with Gasteiger partial charge in [-0.05, 0) is 26.2 Å². The number of nitrogens with zero attached hydrogens (tertiary/aromatic N) is 6. The third kappa shape index (κ3) is 3.07. The van der Waals surface area contributed by atoms with Crippen molar-refractivity contribution in [2.75, 3.05) is 23.7 Å². The highest BCUT2D eigenvalue weighted by atomic mass is 16.3. The lowest BCUT2D eigenvalue weighted by Crippen LogP contribution is -2.43. The zero-order chi connectivity index (χ0) is 14.7. The van der Waals surface area contributed by atoms with Gasteiger partial charge in [0.05, 0.1) is 5.60 Å². The Morgan fingerprint density at radius 1 is 1.24 bits per heavy atom. The van der Waals surface area contributed by atoms with Gasteiger partial charge in [-0.2, -0.15) is 24.7 Å². The van der Waals surface area contributed by atoms with E-state index in [-0.39, 0.29) is 0 Å². The molecule has 0 radical (unpaired) electrons. The molecule has 2 aromatic heterocycles. The van der Waals surface area contributed by atoms with E-state index in [9.17, 15) is 5.11 Å². The Labute approximate surface area is 121 Å². The van der Waals surface area contributed by atoms with Crippen molar-refractivity contribution in [1.29, 1.82) is 0 Å². The van der Waals surface area contributed by atoms with E-state index in [1.807, 2.05) is 6.92 Å². The second kappa shape index (κ2) is 5.60. The first-order valence-corrected chi connectivity index (χ1v) is 7.00.